The van der Waals surface area contributed by atoms with Gasteiger partial charge in [-0.15, -0.1) is 0 Å². The van der Waals surface area contributed by atoms with Crippen LogP contribution in [-0.4, -0.2) is 56.8 Å². The topological polar surface area (TPSA) is 68.3 Å². The van der Waals surface area contributed by atoms with E-state index in [2.05, 4.69) is 16.9 Å². The monoisotopic (exact) mass is 448 g/mol. The van der Waals surface area contributed by atoms with Crippen LogP contribution in [0, 0.1) is 5.82 Å². The van der Waals surface area contributed by atoms with E-state index in [9.17, 15) is 14.0 Å². The Morgan fingerprint density at radius 1 is 1.16 bits per heavy atom. The van der Waals surface area contributed by atoms with Gasteiger partial charge in [-0.25, -0.2) is 9.18 Å². The summed E-state index contributed by atoms with van der Waals surface area (Å²) in [6.07, 6.45) is 1.88. The minimum Gasteiger partial charge on any atom is -0.342 e. The molecule has 31 heavy (non-hydrogen) atoms. The lowest BCUT2D eigenvalue weighted by atomic mass is 10.0. The van der Waals surface area contributed by atoms with E-state index in [1.54, 1.807) is 23.7 Å². The molecule has 0 aliphatic carbocycles. The quantitative estimate of drug-likeness (QED) is 0.609. The van der Waals surface area contributed by atoms with E-state index < -0.39 is 17.1 Å². The van der Waals surface area contributed by atoms with Gasteiger partial charge >= 0.3 is 5.69 Å². The van der Waals surface area contributed by atoms with E-state index in [1.807, 2.05) is 11.9 Å². The molecule has 2 aromatic heterocycles. The molecule has 1 aliphatic heterocycles. The molecule has 8 nitrogen and oxygen atoms in total. The number of imidazole rings is 1. The van der Waals surface area contributed by atoms with Crippen molar-refractivity contribution in [1.29, 1.82) is 0 Å². The maximum atomic E-state index is 14.6. The van der Waals surface area contributed by atoms with E-state index in [0.717, 1.165) is 30.5 Å². The number of benzene rings is 1. The van der Waals surface area contributed by atoms with Crippen LogP contribution in [0.1, 0.15) is 18.4 Å². The fourth-order valence-corrected chi connectivity index (χ4v) is 4.46. The summed E-state index contributed by atoms with van der Waals surface area (Å²) >= 11 is 6.29. The lowest BCUT2D eigenvalue weighted by molar-refractivity contribution is 0.251. The summed E-state index contributed by atoms with van der Waals surface area (Å²) in [6, 6.07) is 4.72. The van der Waals surface area contributed by atoms with E-state index in [-0.39, 0.29) is 34.3 Å². The molecule has 0 amide bonds. The van der Waals surface area contributed by atoms with Crippen LogP contribution in [0.4, 0.5) is 10.3 Å². The lowest BCUT2D eigenvalue weighted by Crippen LogP contribution is -2.43. The van der Waals surface area contributed by atoms with Gasteiger partial charge in [-0.05, 0) is 45.1 Å². The Hall–Kier alpha value is -2.65. The second-order valence-corrected chi connectivity index (χ2v) is 8.63. The first kappa shape index (κ1) is 21.6. The summed E-state index contributed by atoms with van der Waals surface area (Å²) in [4.78, 5) is 34.5. The highest BCUT2D eigenvalue weighted by Crippen LogP contribution is 2.28. The molecule has 0 N–H and O–H groups in total. The Labute approximate surface area is 184 Å². The number of hydrogen-bond acceptors (Lipinski definition) is 5. The summed E-state index contributed by atoms with van der Waals surface area (Å²) < 4.78 is 18.7. The highest BCUT2D eigenvalue weighted by Gasteiger charge is 2.28. The molecule has 1 aliphatic rings. The third-order valence-electron chi connectivity index (χ3n) is 6.26. The predicted octanol–water partition coefficient (Wildman–Crippen LogP) is 1.80. The van der Waals surface area contributed by atoms with E-state index in [0.29, 0.717) is 5.95 Å². The molecule has 0 atom stereocenters. The number of anilines is 1. The van der Waals surface area contributed by atoms with Crippen molar-refractivity contribution in [3.05, 3.63) is 55.4 Å². The third kappa shape index (κ3) is 3.65. The number of aryl methyl sites for hydroxylation is 1. The summed E-state index contributed by atoms with van der Waals surface area (Å²) in [5, 5.41) is 0.274. The third-order valence-corrected chi connectivity index (χ3v) is 6.61. The Morgan fingerprint density at radius 2 is 1.84 bits per heavy atom. The van der Waals surface area contributed by atoms with Crippen molar-refractivity contribution in [3.63, 3.8) is 0 Å². The number of likely N-dealkylation sites (tertiary alicyclic amines) is 1. The SMILES string of the molecule is CN1CCC(N(C)c2nc3c(c(=O)n(C)c(=O)n3C)n2Cc2c(F)cccc2Cl)CC1. The smallest absolute Gasteiger partial charge is 0.332 e. The number of aromatic nitrogens is 4. The summed E-state index contributed by atoms with van der Waals surface area (Å²) in [5.74, 6) is 0.0612. The predicted molar refractivity (Wildman–Crippen MR) is 120 cm³/mol. The summed E-state index contributed by atoms with van der Waals surface area (Å²) in [7, 11) is 7.03. The Bertz CT molecular complexity index is 1240. The molecule has 0 radical (unpaired) electrons. The van der Waals surface area contributed by atoms with Crippen LogP contribution < -0.4 is 16.1 Å². The minimum absolute atomic E-state index is 0.0295. The molecular weight excluding hydrogens is 423 g/mol. The molecule has 1 fully saturated rings. The van der Waals surface area contributed by atoms with Gasteiger partial charge in [0.15, 0.2) is 11.2 Å². The van der Waals surface area contributed by atoms with Crippen molar-refractivity contribution in [2.45, 2.75) is 25.4 Å². The molecule has 3 aromatic rings. The standard InChI is InChI=1S/C21H26ClFN6O2/c1-25-10-8-13(9-11-25)26(2)20-24-18-17(19(30)28(4)21(31)27(18)3)29(20)12-14-15(22)6-5-7-16(14)23/h5-7,13H,8-12H2,1-4H3. The average molecular weight is 449 g/mol. The highest BCUT2D eigenvalue weighted by atomic mass is 35.5. The van der Waals surface area contributed by atoms with Gasteiger partial charge in [0.2, 0.25) is 5.95 Å². The number of hydrogen-bond donors (Lipinski definition) is 0. The molecule has 1 aromatic carbocycles. The van der Waals surface area contributed by atoms with Crippen LogP contribution in [0.2, 0.25) is 5.02 Å². The maximum Gasteiger partial charge on any atom is 0.332 e. The van der Waals surface area contributed by atoms with Crippen LogP contribution >= 0.6 is 11.6 Å². The van der Waals surface area contributed by atoms with Crippen molar-refractivity contribution >= 4 is 28.7 Å². The second kappa shape index (κ2) is 8.12. The zero-order chi connectivity index (χ0) is 22.4. The zero-order valence-electron chi connectivity index (χ0n) is 18.1. The highest BCUT2D eigenvalue weighted by molar-refractivity contribution is 6.31. The molecule has 4 rings (SSSR count). The molecule has 0 saturated carbocycles. The number of nitrogens with zero attached hydrogens (tertiary/aromatic N) is 6. The Morgan fingerprint density at radius 3 is 2.48 bits per heavy atom. The van der Waals surface area contributed by atoms with Crippen molar-refractivity contribution in [2.24, 2.45) is 14.1 Å². The average Bonchev–Trinajstić information content (AvgIpc) is 3.13. The van der Waals surface area contributed by atoms with Gasteiger partial charge in [0.1, 0.15) is 5.82 Å². The van der Waals surface area contributed by atoms with Gasteiger partial charge in [-0.3, -0.25) is 18.5 Å². The first-order valence-electron chi connectivity index (χ1n) is 10.2. The largest absolute Gasteiger partial charge is 0.342 e. The molecule has 10 heteroatoms. The lowest BCUT2D eigenvalue weighted by Gasteiger charge is -2.35. The Kier molecular flexibility index (Phi) is 5.65. The van der Waals surface area contributed by atoms with Crippen molar-refractivity contribution in [1.82, 2.24) is 23.6 Å². The van der Waals surface area contributed by atoms with Gasteiger partial charge in [-0.1, -0.05) is 17.7 Å². The minimum atomic E-state index is -0.471. The van der Waals surface area contributed by atoms with Gasteiger partial charge in [0, 0.05) is 37.8 Å². The number of rotatable bonds is 4. The van der Waals surface area contributed by atoms with Gasteiger partial charge in [-0.2, -0.15) is 4.98 Å². The van der Waals surface area contributed by atoms with Crippen LogP contribution in [0.5, 0.6) is 0 Å². The van der Waals surface area contributed by atoms with Crippen molar-refractivity contribution < 1.29 is 4.39 Å². The van der Waals surface area contributed by atoms with Crippen molar-refractivity contribution in [2.75, 3.05) is 32.1 Å². The molecule has 1 saturated heterocycles. The molecule has 0 spiro atoms. The van der Waals surface area contributed by atoms with Crippen LogP contribution in [0.3, 0.4) is 0 Å². The van der Waals surface area contributed by atoms with E-state index in [4.69, 9.17) is 11.6 Å². The zero-order valence-corrected chi connectivity index (χ0v) is 18.9. The van der Waals surface area contributed by atoms with Crippen LogP contribution in [-0.2, 0) is 20.6 Å². The Balaban J connectivity index is 1.94. The fraction of sp³-hybridized carbons (Fsp3) is 0.476. The number of piperidine rings is 1. The summed E-state index contributed by atoms with van der Waals surface area (Å²) in [6.45, 7) is 1.94. The maximum absolute atomic E-state index is 14.6. The second-order valence-electron chi connectivity index (χ2n) is 8.22. The van der Waals surface area contributed by atoms with Gasteiger partial charge in [0.25, 0.3) is 5.56 Å². The van der Waals surface area contributed by atoms with Gasteiger partial charge in [0.05, 0.1) is 6.54 Å². The van der Waals surface area contributed by atoms with Crippen LogP contribution in [0.15, 0.2) is 27.8 Å². The molecule has 3 heterocycles. The normalized spacial score (nSPS) is 15.7. The molecule has 0 bridgehead atoms. The first-order chi connectivity index (χ1) is 14.7. The first-order valence-corrected chi connectivity index (χ1v) is 10.6. The van der Waals surface area contributed by atoms with E-state index >= 15 is 0 Å². The molecule has 0 unspecified atom stereocenters. The number of halogens is 2. The van der Waals surface area contributed by atoms with Crippen molar-refractivity contribution in [3.8, 4) is 0 Å². The van der Waals surface area contributed by atoms with E-state index in [1.165, 1.54) is 17.7 Å². The van der Waals surface area contributed by atoms with Gasteiger partial charge < -0.3 is 9.80 Å². The summed E-state index contributed by atoms with van der Waals surface area (Å²) in [5.41, 5.74) is -0.132. The fourth-order valence-electron chi connectivity index (χ4n) is 4.24. The molecular formula is C21H26ClFN6O2. The number of fused-ring (bicyclic) bond motifs is 1. The van der Waals surface area contributed by atoms with Crippen LogP contribution in [0.25, 0.3) is 11.2 Å². The molecule has 166 valence electrons.